The van der Waals surface area contributed by atoms with Crippen molar-refractivity contribution in [2.75, 3.05) is 11.1 Å². The number of fused-ring (bicyclic) bond motifs is 1. The van der Waals surface area contributed by atoms with Crippen LogP contribution in [0.4, 0.5) is 5.69 Å². The highest BCUT2D eigenvalue weighted by atomic mass is 32.2. The van der Waals surface area contributed by atoms with Crippen molar-refractivity contribution in [3.63, 3.8) is 0 Å². The summed E-state index contributed by atoms with van der Waals surface area (Å²) in [5, 5.41) is 3.92. The van der Waals surface area contributed by atoms with E-state index in [0.717, 1.165) is 27.8 Å². The number of amides is 1. The van der Waals surface area contributed by atoms with E-state index < -0.39 is 0 Å². The van der Waals surface area contributed by atoms with Crippen LogP contribution in [0.25, 0.3) is 10.9 Å². The summed E-state index contributed by atoms with van der Waals surface area (Å²) >= 11 is 1.58. The van der Waals surface area contributed by atoms with Crippen LogP contribution in [0.3, 0.4) is 0 Å². The molecule has 3 rings (SSSR count). The van der Waals surface area contributed by atoms with Crippen LogP contribution in [-0.2, 0) is 17.0 Å². The smallest absolute Gasteiger partial charge is 0.251 e. The van der Waals surface area contributed by atoms with Gasteiger partial charge in [0.1, 0.15) is 0 Å². The average molecular weight is 366 g/mol. The lowest BCUT2D eigenvalue weighted by Crippen LogP contribution is -2.16. The fourth-order valence-corrected chi connectivity index (χ4v) is 3.83. The Morgan fingerprint density at radius 2 is 1.92 bits per heavy atom. The van der Waals surface area contributed by atoms with Crippen LogP contribution in [0.15, 0.2) is 53.3 Å². The second-order valence-electron chi connectivity index (χ2n) is 6.20. The maximum absolute atomic E-state index is 12.2. The van der Waals surface area contributed by atoms with Crippen molar-refractivity contribution >= 4 is 34.3 Å². The molecule has 0 saturated heterocycles. The minimum absolute atomic E-state index is 0.0467. The number of rotatable bonds is 6. The molecule has 0 radical (unpaired) electrons. The standard InChI is InChI=1S/C21H22N2O2S/c1-3-17-14(2)18-10-9-16(11-19(18)23-21(17)25)22-20(24)13-26-12-15-7-5-4-6-8-15/h4-11H,3,12-13H2,1-2H3,(H,22,24)(H,23,25). The Hall–Kier alpha value is -2.53. The van der Waals surface area contributed by atoms with Gasteiger partial charge in [0, 0.05) is 22.4 Å². The average Bonchev–Trinajstić information content (AvgIpc) is 2.62. The van der Waals surface area contributed by atoms with Crippen LogP contribution in [0.1, 0.15) is 23.6 Å². The molecule has 0 bridgehead atoms. The van der Waals surface area contributed by atoms with E-state index in [-0.39, 0.29) is 11.5 Å². The van der Waals surface area contributed by atoms with E-state index in [1.807, 2.05) is 50.2 Å². The van der Waals surface area contributed by atoms with Crippen molar-refractivity contribution < 1.29 is 4.79 Å². The number of aromatic nitrogens is 1. The Labute approximate surface area is 157 Å². The van der Waals surface area contributed by atoms with Gasteiger partial charge in [-0.25, -0.2) is 0 Å². The molecular formula is C21H22N2O2S. The molecule has 0 atom stereocenters. The summed E-state index contributed by atoms with van der Waals surface area (Å²) in [4.78, 5) is 27.2. The maximum Gasteiger partial charge on any atom is 0.251 e. The van der Waals surface area contributed by atoms with Gasteiger partial charge in [-0.15, -0.1) is 11.8 Å². The normalized spacial score (nSPS) is 10.8. The SMILES string of the molecule is CCc1c(C)c2ccc(NC(=O)CSCc3ccccc3)cc2[nH]c1=O. The van der Waals surface area contributed by atoms with Crippen LogP contribution in [-0.4, -0.2) is 16.6 Å². The quantitative estimate of drug-likeness (QED) is 0.685. The van der Waals surface area contributed by atoms with Crippen LogP contribution < -0.4 is 10.9 Å². The molecule has 1 heterocycles. The second kappa shape index (κ2) is 8.23. The fourth-order valence-electron chi connectivity index (χ4n) is 3.04. The lowest BCUT2D eigenvalue weighted by molar-refractivity contribution is -0.113. The summed E-state index contributed by atoms with van der Waals surface area (Å²) in [6.07, 6.45) is 0.703. The van der Waals surface area contributed by atoms with E-state index in [4.69, 9.17) is 0 Å². The monoisotopic (exact) mass is 366 g/mol. The fraction of sp³-hybridized carbons (Fsp3) is 0.238. The van der Waals surface area contributed by atoms with Crippen molar-refractivity contribution in [1.29, 1.82) is 0 Å². The first kappa shape index (κ1) is 18.3. The lowest BCUT2D eigenvalue weighted by atomic mass is 10.0. The Balaban J connectivity index is 1.67. The molecular weight excluding hydrogens is 344 g/mol. The highest BCUT2D eigenvalue weighted by Gasteiger charge is 2.09. The molecule has 5 heteroatoms. The molecule has 2 aromatic carbocycles. The zero-order valence-electron chi connectivity index (χ0n) is 15.0. The van der Waals surface area contributed by atoms with Crippen molar-refractivity contribution in [1.82, 2.24) is 4.98 Å². The van der Waals surface area contributed by atoms with E-state index in [2.05, 4.69) is 22.4 Å². The number of pyridine rings is 1. The van der Waals surface area contributed by atoms with E-state index in [1.165, 1.54) is 5.56 Å². The van der Waals surface area contributed by atoms with E-state index in [1.54, 1.807) is 11.8 Å². The number of anilines is 1. The molecule has 1 aromatic heterocycles. The van der Waals surface area contributed by atoms with Gasteiger partial charge in [0.05, 0.1) is 11.3 Å². The van der Waals surface area contributed by atoms with Crippen molar-refractivity contribution in [3.8, 4) is 0 Å². The highest BCUT2D eigenvalue weighted by Crippen LogP contribution is 2.22. The summed E-state index contributed by atoms with van der Waals surface area (Å²) in [6, 6.07) is 15.7. The molecule has 26 heavy (non-hydrogen) atoms. The van der Waals surface area contributed by atoms with Gasteiger partial charge in [0.25, 0.3) is 5.56 Å². The molecule has 0 saturated carbocycles. The van der Waals surface area contributed by atoms with E-state index in [0.29, 0.717) is 17.9 Å². The van der Waals surface area contributed by atoms with Crippen molar-refractivity contribution in [3.05, 3.63) is 75.6 Å². The molecule has 2 N–H and O–H groups in total. The van der Waals surface area contributed by atoms with Gasteiger partial charge in [-0.2, -0.15) is 0 Å². The third-order valence-corrected chi connectivity index (χ3v) is 5.38. The summed E-state index contributed by atoms with van der Waals surface area (Å²) < 4.78 is 0. The Kier molecular flexibility index (Phi) is 5.78. The summed E-state index contributed by atoms with van der Waals surface area (Å²) in [5.74, 6) is 1.14. The molecule has 3 aromatic rings. The van der Waals surface area contributed by atoms with Gasteiger partial charge in [-0.3, -0.25) is 9.59 Å². The van der Waals surface area contributed by atoms with Crippen LogP contribution in [0.5, 0.6) is 0 Å². The Morgan fingerprint density at radius 1 is 1.15 bits per heavy atom. The first-order valence-corrected chi connectivity index (χ1v) is 9.81. The van der Waals surface area contributed by atoms with Crippen molar-refractivity contribution in [2.45, 2.75) is 26.0 Å². The molecule has 0 aliphatic carbocycles. The zero-order valence-corrected chi connectivity index (χ0v) is 15.8. The lowest BCUT2D eigenvalue weighted by Gasteiger charge is -2.10. The third kappa shape index (κ3) is 4.17. The van der Waals surface area contributed by atoms with E-state index in [9.17, 15) is 9.59 Å². The number of carbonyl (C=O) groups is 1. The first-order valence-electron chi connectivity index (χ1n) is 8.65. The molecule has 1 amide bonds. The van der Waals surface area contributed by atoms with Gasteiger partial charge >= 0.3 is 0 Å². The zero-order chi connectivity index (χ0) is 18.5. The molecule has 0 aliphatic heterocycles. The number of nitrogens with one attached hydrogen (secondary N) is 2. The van der Waals surface area contributed by atoms with Gasteiger partial charge in [-0.05, 0) is 36.6 Å². The van der Waals surface area contributed by atoms with E-state index >= 15 is 0 Å². The molecule has 134 valence electrons. The molecule has 0 aliphatic rings. The molecule has 0 spiro atoms. The number of carbonyl (C=O) groups excluding carboxylic acids is 1. The molecule has 0 fully saturated rings. The van der Waals surface area contributed by atoms with Gasteiger partial charge in [-0.1, -0.05) is 43.3 Å². The van der Waals surface area contributed by atoms with Crippen LogP contribution in [0.2, 0.25) is 0 Å². The number of benzene rings is 2. The predicted molar refractivity (Wildman–Crippen MR) is 110 cm³/mol. The Morgan fingerprint density at radius 3 is 2.65 bits per heavy atom. The number of H-pyrrole nitrogens is 1. The highest BCUT2D eigenvalue weighted by molar-refractivity contribution is 7.99. The van der Waals surface area contributed by atoms with Gasteiger partial charge < -0.3 is 10.3 Å². The number of hydrogen-bond donors (Lipinski definition) is 2. The maximum atomic E-state index is 12.2. The van der Waals surface area contributed by atoms with Gasteiger partial charge in [0.15, 0.2) is 0 Å². The molecule has 4 nitrogen and oxygen atoms in total. The van der Waals surface area contributed by atoms with Crippen molar-refractivity contribution in [2.24, 2.45) is 0 Å². The minimum Gasteiger partial charge on any atom is -0.325 e. The number of aryl methyl sites for hydroxylation is 1. The summed E-state index contributed by atoms with van der Waals surface area (Å²) in [5.41, 5.74) is 4.41. The minimum atomic E-state index is -0.0561. The summed E-state index contributed by atoms with van der Waals surface area (Å²) in [7, 11) is 0. The first-order chi connectivity index (χ1) is 12.6. The van der Waals surface area contributed by atoms with Gasteiger partial charge in [0.2, 0.25) is 5.91 Å². The number of hydrogen-bond acceptors (Lipinski definition) is 3. The Bertz CT molecular complexity index is 980. The molecule has 0 unspecified atom stereocenters. The third-order valence-electron chi connectivity index (χ3n) is 4.38. The predicted octanol–water partition coefficient (Wildman–Crippen LogP) is 4.27. The van der Waals surface area contributed by atoms with Crippen LogP contribution >= 0.6 is 11.8 Å². The number of thioether (sulfide) groups is 1. The van der Waals surface area contributed by atoms with Crippen LogP contribution in [0, 0.1) is 6.92 Å². The summed E-state index contributed by atoms with van der Waals surface area (Å²) in [6.45, 7) is 3.94. The second-order valence-corrected chi connectivity index (χ2v) is 7.18. The topological polar surface area (TPSA) is 62.0 Å². The number of aromatic amines is 1. The largest absolute Gasteiger partial charge is 0.325 e.